The Morgan fingerprint density at radius 2 is 0.727 bits per heavy atom. The smallest absolute Gasteiger partial charge is 0.326 e. The Labute approximate surface area is 763 Å². The Bertz CT molecular complexity index is 4640. The zero-order valence-electron chi connectivity index (χ0n) is 74.0. The van der Waals surface area contributed by atoms with Gasteiger partial charge in [-0.05, 0) is 97.2 Å². The number of amides is 18. The summed E-state index contributed by atoms with van der Waals surface area (Å²) in [6, 6.07) is -4.11. The summed E-state index contributed by atoms with van der Waals surface area (Å²) in [5.74, 6) is -27.3. The Morgan fingerprint density at radius 1 is 0.364 bits per heavy atom. The standard InChI is InChI=1S/C82H122ClN25O24/c1-8-40(5)66(78(129)95-38-62(114)99-55(34-63(115)116)75(126)105-56(35-64(117)118)76(127)103-52(31-43-19-22-47(83)23-20-43)73(124)104-54(33-59(87)111)74(125)101-51(80(131)132)17-13-29-93-82(90)91)108-79(130)67(41(6)9-2)107-68(119)42(7)96-72(123)53(32-44-18-21-45-14-10-11-15-46(45)30-44)102-70(121)50(25-27-58(86)110)100-69(120)48(16-12-28-92-81(88)89)98-61(113)37-94-77(128)65(39(3)4)106-71(122)49(24-26-57(85)109)97-60(112)36-84/h10-11,14-15,18-23,30,39-42,48-56,65-67H,8-9,12-13,16-17,24-29,31-38,84H2,1-7H3,(H2,85,109)(H2,86,110)(H2,87,111)(H,94,128)(H,95,129)(H,96,123)(H,97,112)(H,98,113)(H,99,114)(H,100,120)(H,101,125)(H,102,121)(H,103,127)(H,104,124)(H,105,126)(H,106,122)(H,107,119)(H,108,130)(H,115,116)(H,117,118)(H,131,132)(H4,88,89,92)(H4,90,91,93)/t40-,41-,42-,48-,49-,50-,51-,52-,53-,54-,55-,56-,65-,66-,67-/m0/s1. The number of primary amides is 3. The van der Waals surface area contributed by atoms with Gasteiger partial charge in [0.25, 0.3) is 0 Å². The van der Waals surface area contributed by atoms with Gasteiger partial charge in [0.1, 0.15) is 78.5 Å². The molecule has 3 aromatic carbocycles. The highest BCUT2D eigenvalue weighted by Crippen LogP contribution is 2.20. The monoisotopic (exact) mass is 1880 g/mol. The van der Waals surface area contributed by atoms with Crippen LogP contribution in [0.5, 0.6) is 0 Å². The lowest BCUT2D eigenvalue weighted by atomic mass is 9.94. The third-order valence-electron chi connectivity index (χ3n) is 20.5. The number of hydrogen-bond donors (Lipinski definition) is 28. The Hall–Kier alpha value is -14.4. The molecular formula is C82H122ClN25O24. The van der Waals surface area contributed by atoms with E-state index in [2.05, 4.69) is 85.1 Å². The Balaban J connectivity index is 1.92. The average molecular weight is 1880 g/mol. The van der Waals surface area contributed by atoms with Crippen LogP contribution in [0.15, 0.2) is 66.7 Å². The number of guanidine groups is 2. The minimum atomic E-state index is -2.20. The molecular weight excluding hydrogens is 1750 g/mol. The molecule has 0 aliphatic rings. The van der Waals surface area contributed by atoms with E-state index in [4.69, 9.17) is 56.8 Å². The molecule has 49 nitrogen and oxygen atoms in total. The second-order valence-electron chi connectivity index (χ2n) is 31.5. The van der Waals surface area contributed by atoms with E-state index in [1.807, 2.05) is 11.4 Å². The van der Waals surface area contributed by atoms with Gasteiger partial charge in [-0.3, -0.25) is 107 Å². The topological polar surface area (TPSA) is 827 Å². The van der Waals surface area contributed by atoms with Crippen LogP contribution >= 0.6 is 11.6 Å². The maximum Gasteiger partial charge on any atom is 0.326 e. The van der Waals surface area contributed by atoms with Crippen LogP contribution < -0.4 is 125 Å². The maximum atomic E-state index is 14.8. The minimum Gasteiger partial charge on any atom is -0.481 e. The van der Waals surface area contributed by atoms with Crippen LogP contribution in [0.1, 0.15) is 143 Å². The zero-order valence-corrected chi connectivity index (χ0v) is 74.7. The van der Waals surface area contributed by atoms with Crippen molar-refractivity contribution in [2.24, 2.45) is 52.2 Å². The second kappa shape index (κ2) is 56.8. The third-order valence-corrected chi connectivity index (χ3v) is 20.7. The lowest BCUT2D eigenvalue weighted by Crippen LogP contribution is -2.61. The number of carbonyl (C=O) groups excluding carboxylic acids is 18. The van der Waals surface area contributed by atoms with Gasteiger partial charge in [0.05, 0.1) is 38.9 Å². The second-order valence-corrected chi connectivity index (χ2v) is 31.9. The van der Waals surface area contributed by atoms with E-state index in [9.17, 15) is 116 Å². The van der Waals surface area contributed by atoms with Crippen LogP contribution in [0.3, 0.4) is 0 Å². The van der Waals surface area contributed by atoms with Crippen molar-refractivity contribution in [2.75, 3.05) is 32.7 Å². The van der Waals surface area contributed by atoms with E-state index in [0.29, 0.717) is 10.9 Å². The van der Waals surface area contributed by atoms with Gasteiger partial charge in [-0.25, -0.2) is 4.79 Å². The van der Waals surface area contributed by atoms with Crippen molar-refractivity contribution in [1.82, 2.24) is 90.4 Å². The lowest BCUT2D eigenvalue weighted by Gasteiger charge is -2.30. The maximum absolute atomic E-state index is 14.8. The van der Waals surface area contributed by atoms with Gasteiger partial charge >= 0.3 is 17.9 Å². The molecule has 0 heterocycles. The molecule has 0 aliphatic heterocycles. The van der Waals surface area contributed by atoms with E-state index >= 15 is 0 Å². The zero-order chi connectivity index (χ0) is 99.3. The first-order valence-corrected chi connectivity index (χ1v) is 42.5. The van der Waals surface area contributed by atoms with Crippen molar-refractivity contribution in [3.63, 3.8) is 0 Å². The Kier molecular flexibility index (Phi) is 48.1. The van der Waals surface area contributed by atoms with Gasteiger partial charge in [-0.1, -0.05) is 121 Å². The van der Waals surface area contributed by atoms with Crippen molar-refractivity contribution in [2.45, 2.75) is 223 Å². The van der Waals surface area contributed by atoms with Gasteiger partial charge in [-0.15, -0.1) is 0 Å². The number of carboxylic acids is 3. The molecule has 0 aromatic heterocycles. The lowest BCUT2D eigenvalue weighted by molar-refractivity contribution is -0.143. The molecule has 18 amide bonds. The SMILES string of the molecule is CC[C@H](C)[C@H](NC(=O)[C@H](C)NC(=O)[C@H](Cc1ccc2ccccc2c1)NC(=O)[C@H](CCC(N)=O)NC(=O)[C@H](CCCNC(=N)N)NC(=O)CNC(=O)[C@@H](NC(=O)[C@H](CCC(N)=O)NC(=O)CN)C(C)C)C(=O)N[C@H](C(=O)NCC(=O)N[C@@H](CC(=O)O)C(=O)N[C@@H](CC(=O)O)C(=O)N[C@@H](Cc1ccc(Cl)cc1)C(=O)N[C@@H](CC(N)=O)C(=O)N[C@@H](CCCNC(=N)N)C(=O)O)[C@@H](C)CC. The number of carboxylic acid groups (broad SMARTS) is 3. The van der Waals surface area contributed by atoms with Crippen molar-refractivity contribution < 1.29 is 116 Å². The summed E-state index contributed by atoms with van der Waals surface area (Å²) < 4.78 is 0. The average Bonchev–Trinajstić information content (AvgIpc) is 0.834. The molecule has 0 radical (unpaired) electrons. The minimum absolute atomic E-state index is 0.0131. The molecule has 0 saturated carbocycles. The highest BCUT2D eigenvalue weighted by Gasteiger charge is 2.40. The van der Waals surface area contributed by atoms with Crippen LogP contribution in [0.2, 0.25) is 5.02 Å². The van der Waals surface area contributed by atoms with Gasteiger partial charge < -0.3 is 140 Å². The molecule has 3 rings (SSSR count). The van der Waals surface area contributed by atoms with E-state index in [0.717, 1.165) is 5.39 Å². The molecule has 50 heteroatoms. The molecule has 726 valence electrons. The molecule has 0 bridgehead atoms. The number of hydrogen-bond acceptors (Lipinski definition) is 24. The van der Waals surface area contributed by atoms with Gasteiger partial charge in [0.2, 0.25) is 106 Å². The molecule has 0 aliphatic carbocycles. The number of nitrogens with two attached hydrogens (primary N) is 6. The quantitative estimate of drug-likeness (QED) is 0.0142. The van der Waals surface area contributed by atoms with Crippen LogP contribution in [0, 0.1) is 28.6 Å². The van der Waals surface area contributed by atoms with Crippen LogP contribution in [-0.2, 0) is 114 Å². The summed E-state index contributed by atoms with van der Waals surface area (Å²) in [5, 5.41) is 87.0. The third kappa shape index (κ3) is 41.3. The predicted molar refractivity (Wildman–Crippen MR) is 474 cm³/mol. The van der Waals surface area contributed by atoms with E-state index < -0.39 is 291 Å². The van der Waals surface area contributed by atoms with Crippen LogP contribution in [0.4, 0.5) is 0 Å². The number of carbonyl (C=O) groups is 21. The number of rotatable bonds is 60. The fourth-order valence-corrected chi connectivity index (χ4v) is 12.9. The normalized spacial score (nSPS) is 14.3. The first kappa shape index (κ1) is 112. The van der Waals surface area contributed by atoms with Crippen LogP contribution in [-0.4, -0.2) is 263 Å². The highest BCUT2D eigenvalue weighted by atomic mass is 35.5. The fraction of sp³-hybridized carbons (Fsp3) is 0.524. The molecule has 0 unspecified atom stereocenters. The van der Waals surface area contributed by atoms with E-state index in [1.54, 1.807) is 71.0 Å². The fourth-order valence-electron chi connectivity index (χ4n) is 12.8. The molecule has 0 saturated heterocycles. The molecule has 34 N–H and O–H groups in total. The number of halogens is 1. The highest BCUT2D eigenvalue weighted by molar-refractivity contribution is 6.30. The summed E-state index contributed by atoms with van der Waals surface area (Å²) in [6.07, 6.45) is -5.93. The first-order chi connectivity index (χ1) is 62.1. The largest absolute Gasteiger partial charge is 0.481 e. The molecule has 0 fully saturated rings. The van der Waals surface area contributed by atoms with E-state index in [1.165, 1.54) is 38.1 Å². The summed E-state index contributed by atoms with van der Waals surface area (Å²) in [7, 11) is 0. The van der Waals surface area contributed by atoms with Crippen LogP contribution in [0.25, 0.3) is 10.8 Å². The molecule has 132 heavy (non-hydrogen) atoms. The number of fused-ring (bicyclic) bond motifs is 1. The van der Waals surface area contributed by atoms with E-state index in [-0.39, 0.29) is 81.5 Å². The van der Waals surface area contributed by atoms with Gasteiger partial charge in [0.15, 0.2) is 11.9 Å². The Morgan fingerprint density at radius 3 is 1.19 bits per heavy atom. The summed E-state index contributed by atoms with van der Waals surface area (Å²) in [6.45, 7) is 8.34. The van der Waals surface area contributed by atoms with Crippen molar-refractivity contribution in [3.05, 3.63) is 82.9 Å². The number of nitrogens with one attached hydrogen (secondary N) is 19. The van der Waals surface area contributed by atoms with Crippen molar-refractivity contribution in [3.8, 4) is 0 Å². The summed E-state index contributed by atoms with van der Waals surface area (Å²) in [5.41, 5.74) is 33.1. The molecule has 3 aromatic rings. The van der Waals surface area contributed by atoms with Gasteiger partial charge in [-0.2, -0.15) is 0 Å². The first-order valence-electron chi connectivity index (χ1n) is 42.1. The van der Waals surface area contributed by atoms with Gasteiger partial charge in [0, 0.05) is 43.8 Å². The van der Waals surface area contributed by atoms with Crippen molar-refractivity contribution >= 4 is 159 Å². The molecule has 0 spiro atoms. The number of aliphatic carboxylic acids is 3. The van der Waals surface area contributed by atoms with Crippen molar-refractivity contribution in [1.29, 1.82) is 10.8 Å². The predicted octanol–water partition coefficient (Wildman–Crippen LogP) is -7.49. The molecule has 15 atom stereocenters. The summed E-state index contributed by atoms with van der Waals surface area (Å²) >= 11 is 6.08. The summed E-state index contributed by atoms with van der Waals surface area (Å²) in [4.78, 5) is 283. The number of benzene rings is 3.